The predicted molar refractivity (Wildman–Crippen MR) is 122 cm³/mol. The Morgan fingerprint density at radius 2 is 1.79 bits per heavy atom. The van der Waals surface area contributed by atoms with Crippen LogP contribution in [-0.4, -0.2) is 41.4 Å². The standard InChI is InChI=1S/C24H25N3O6/c1-2-27-13-18(23(30)17-11-20-21(12-19(17)27)33-14-32-20)24(31)26-10-8-22(29)25-9-7-15-3-5-16(28)6-4-15/h3-6,11-13,28H,2,7-10,14H2,1H3,(H,25,29)(H,26,31). The van der Waals surface area contributed by atoms with Gasteiger partial charge in [-0.1, -0.05) is 12.1 Å². The number of ether oxygens (including phenoxy) is 2. The Kier molecular flexibility index (Phi) is 6.48. The van der Waals surface area contributed by atoms with Crippen LogP contribution in [0, 0.1) is 0 Å². The van der Waals surface area contributed by atoms with Gasteiger partial charge in [-0.3, -0.25) is 14.4 Å². The van der Waals surface area contributed by atoms with E-state index < -0.39 is 11.3 Å². The fourth-order valence-corrected chi connectivity index (χ4v) is 3.69. The summed E-state index contributed by atoms with van der Waals surface area (Å²) in [5.74, 6) is 0.508. The van der Waals surface area contributed by atoms with E-state index in [2.05, 4.69) is 10.6 Å². The van der Waals surface area contributed by atoms with Gasteiger partial charge in [0, 0.05) is 38.3 Å². The summed E-state index contributed by atoms with van der Waals surface area (Å²) in [5, 5.41) is 15.1. The molecule has 0 bridgehead atoms. The number of fused-ring (bicyclic) bond motifs is 2. The zero-order valence-electron chi connectivity index (χ0n) is 18.2. The van der Waals surface area contributed by atoms with Crippen molar-refractivity contribution in [2.45, 2.75) is 26.3 Å². The number of nitrogens with one attached hydrogen (secondary N) is 2. The van der Waals surface area contributed by atoms with E-state index in [0.717, 1.165) is 5.56 Å². The highest BCUT2D eigenvalue weighted by Crippen LogP contribution is 2.35. The molecule has 0 spiro atoms. The highest BCUT2D eigenvalue weighted by atomic mass is 16.7. The molecule has 1 aliphatic heterocycles. The minimum absolute atomic E-state index is 0.0101. The molecule has 0 radical (unpaired) electrons. The van der Waals surface area contributed by atoms with Crippen molar-refractivity contribution in [2.24, 2.45) is 0 Å². The van der Waals surface area contributed by atoms with Crippen molar-refractivity contribution in [3.63, 3.8) is 0 Å². The zero-order chi connectivity index (χ0) is 23.4. The number of benzene rings is 2. The first-order valence-electron chi connectivity index (χ1n) is 10.8. The topological polar surface area (TPSA) is 119 Å². The second kappa shape index (κ2) is 9.64. The van der Waals surface area contributed by atoms with Crippen molar-refractivity contribution >= 4 is 22.7 Å². The predicted octanol–water partition coefficient (Wildman–Crippen LogP) is 1.93. The molecule has 9 nitrogen and oxygen atoms in total. The number of rotatable bonds is 8. The van der Waals surface area contributed by atoms with Crippen molar-refractivity contribution in [1.82, 2.24) is 15.2 Å². The first-order valence-corrected chi connectivity index (χ1v) is 10.8. The molecule has 0 atom stereocenters. The number of pyridine rings is 1. The van der Waals surface area contributed by atoms with Gasteiger partial charge in [-0.25, -0.2) is 0 Å². The SMILES string of the molecule is CCn1cc(C(=O)NCCC(=O)NCCc2ccc(O)cc2)c(=O)c2cc3c(cc21)OCO3. The van der Waals surface area contributed by atoms with Gasteiger partial charge in [0.1, 0.15) is 11.3 Å². The van der Waals surface area contributed by atoms with E-state index in [9.17, 15) is 19.5 Å². The van der Waals surface area contributed by atoms with Gasteiger partial charge in [-0.2, -0.15) is 0 Å². The molecule has 4 rings (SSSR count). The van der Waals surface area contributed by atoms with E-state index in [-0.39, 0.29) is 37.0 Å². The van der Waals surface area contributed by atoms with Crippen LogP contribution >= 0.6 is 0 Å². The third-order valence-corrected chi connectivity index (χ3v) is 5.47. The molecule has 0 saturated heterocycles. The lowest BCUT2D eigenvalue weighted by molar-refractivity contribution is -0.120. The number of phenols is 1. The minimum atomic E-state index is -0.529. The maximum atomic E-state index is 13.0. The van der Waals surface area contributed by atoms with Crippen molar-refractivity contribution in [3.8, 4) is 17.2 Å². The minimum Gasteiger partial charge on any atom is -0.508 e. The van der Waals surface area contributed by atoms with E-state index in [0.29, 0.717) is 41.9 Å². The van der Waals surface area contributed by atoms with Gasteiger partial charge in [-0.05, 0) is 37.1 Å². The summed E-state index contributed by atoms with van der Waals surface area (Å²) in [6, 6.07) is 10.1. The lowest BCUT2D eigenvalue weighted by Gasteiger charge is -2.12. The fraction of sp³-hybridized carbons (Fsp3) is 0.292. The summed E-state index contributed by atoms with van der Waals surface area (Å²) >= 11 is 0. The van der Waals surface area contributed by atoms with E-state index >= 15 is 0 Å². The molecule has 3 aromatic rings. The number of carbonyl (C=O) groups is 2. The summed E-state index contributed by atoms with van der Waals surface area (Å²) in [7, 11) is 0. The molecule has 172 valence electrons. The summed E-state index contributed by atoms with van der Waals surface area (Å²) < 4.78 is 12.6. The monoisotopic (exact) mass is 451 g/mol. The molecule has 33 heavy (non-hydrogen) atoms. The van der Waals surface area contributed by atoms with Crippen LogP contribution in [0.5, 0.6) is 17.2 Å². The lowest BCUT2D eigenvalue weighted by Crippen LogP contribution is -2.34. The van der Waals surface area contributed by atoms with Crippen LogP contribution in [0.2, 0.25) is 0 Å². The zero-order valence-corrected chi connectivity index (χ0v) is 18.2. The quantitative estimate of drug-likeness (QED) is 0.482. The van der Waals surface area contributed by atoms with Gasteiger partial charge in [0.2, 0.25) is 18.1 Å². The van der Waals surface area contributed by atoms with Gasteiger partial charge in [-0.15, -0.1) is 0 Å². The highest BCUT2D eigenvalue weighted by molar-refractivity contribution is 5.98. The molecular formula is C24H25N3O6. The van der Waals surface area contributed by atoms with Crippen LogP contribution < -0.4 is 25.5 Å². The van der Waals surface area contributed by atoms with Gasteiger partial charge in [0.25, 0.3) is 5.91 Å². The molecule has 0 aliphatic carbocycles. The van der Waals surface area contributed by atoms with Crippen LogP contribution in [-0.2, 0) is 17.8 Å². The Bertz CT molecular complexity index is 1250. The smallest absolute Gasteiger partial charge is 0.256 e. The Balaban J connectivity index is 1.35. The molecule has 1 aliphatic rings. The van der Waals surface area contributed by atoms with Crippen LogP contribution in [0.25, 0.3) is 10.9 Å². The van der Waals surface area contributed by atoms with Gasteiger partial charge in [0.15, 0.2) is 11.5 Å². The van der Waals surface area contributed by atoms with Gasteiger partial charge in [0.05, 0.1) is 10.9 Å². The lowest BCUT2D eigenvalue weighted by atomic mass is 10.1. The molecule has 2 heterocycles. The second-order valence-corrected chi connectivity index (χ2v) is 7.65. The van der Waals surface area contributed by atoms with E-state index in [1.807, 2.05) is 11.5 Å². The fourth-order valence-electron chi connectivity index (χ4n) is 3.69. The van der Waals surface area contributed by atoms with E-state index in [1.54, 1.807) is 36.4 Å². The Morgan fingerprint density at radius 1 is 1.06 bits per heavy atom. The first kappa shape index (κ1) is 22.2. The summed E-state index contributed by atoms with van der Waals surface area (Å²) in [5.41, 5.74) is 1.27. The number of carbonyl (C=O) groups excluding carboxylic acids is 2. The maximum Gasteiger partial charge on any atom is 0.256 e. The van der Waals surface area contributed by atoms with Crippen molar-refractivity contribution in [2.75, 3.05) is 19.9 Å². The van der Waals surface area contributed by atoms with Crippen molar-refractivity contribution in [3.05, 3.63) is 63.9 Å². The Labute approximate surface area is 189 Å². The van der Waals surface area contributed by atoms with Gasteiger partial charge >= 0.3 is 0 Å². The van der Waals surface area contributed by atoms with Crippen LogP contribution in [0.15, 0.2) is 47.4 Å². The number of aromatic nitrogens is 1. The molecule has 0 fully saturated rings. The molecule has 2 aromatic carbocycles. The number of aromatic hydroxyl groups is 1. The Morgan fingerprint density at radius 3 is 2.52 bits per heavy atom. The molecule has 9 heteroatoms. The summed E-state index contributed by atoms with van der Waals surface area (Å²) in [6.07, 6.45) is 2.25. The van der Waals surface area contributed by atoms with Crippen molar-refractivity contribution in [1.29, 1.82) is 0 Å². The van der Waals surface area contributed by atoms with Crippen LogP contribution in [0.4, 0.5) is 0 Å². The number of hydrogen-bond acceptors (Lipinski definition) is 6. The summed E-state index contributed by atoms with van der Waals surface area (Å²) in [6.45, 7) is 3.11. The molecule has 0 saturated carbocycles. The van der Waals surface area contributed by atoms with E-state index in [1.165, 1.54) is 6.20 Å². The number of hydrogen-bond donors (Lipinski definition) is 3. The molecular weight excluding hydrogens is 426 g/mol. The largest absolute Gasteiger partial charge is 0.508 e. The highest BCUT2D eigenvalue weighted by Gasteiger charge is 2.20. The number of phenolic OH excluding ortho intramolecular Hbond substituents is 1. The van der Waals surface area contributed by atoms with Gasteiger partial charge < -0.3 is 29.8 Å². The molecule has 2 amide bonds. The maximum absolute atomic E-state index is 13.0. The first-order chi connectivity index (χ1) is 16.0. The normalized spacial score (nSPS) is 12.0. The van der Waals surface area contributed by atoms with Crippen molar-refractivity contribution < 1.29 is 24.2 Å². The molecule has 3 N–H and O–H groups in total. The van der Waals surface area contributed by atoms with Crippen LogP contribution in [0.1, 0.15) is 29.3 Å². The average Bonchev–Trinajstić information content (AvgIpc) is 3.27. The molecule has 0 unspecified atom stereocenters. The summed E-state index contributed by atoms with van der Waals surface area (Å²) in [4.78, 5) is 37.7. The number of aryl methyl sites for hydroxylation is 1. The number of amides is 2. The van der Waals surface area contributed by atoms with Crippen LogP contribution in [0.3, 0.4) is 0 Å². The average molecular weight is 451 g/mol. The molecule has 1 aromatic heterocycles. The third kappa shape index (κ3) is 4.92. The third-order valence-electron chi connectivity index (χ3n) is 5.47. The van der Waals surface area contributed by atoms with E-state index in [4.69, 9.17) is 9.47 Å². The number of nitrogens with zero attached hydrogens (tertiary/aromatic N) is 1. The second-order valence-electron chi connectivity index (χ2n) is 7.65. The Hall–Kier alpha value is -4.01.